The largest absolute Gasteiger partial charge is 0.479 e. The lowest BCUT2D eigenvalue weighted by Gasteiger charge is -2.19. The first-order valence-corrected chi connectivity index (χ1v) is 8.31. The standard InChI is InChI=1S/C13H15Br2N3OS/c1-18(2)10-4-5-16-13(19-3)11(10)17-7-8-6-9(14)12(15)20-8/h4-6,17H,7H2,1-3H3. The molecule has 2 rings (SSSR count). The molecule has 0 aliphatic rings. The molecule has 0 bridgehead atoms. The first-order chi connectivity index (χ1) is 9.52. The number of halogens is 2. The molecule has 0 aromatic carbocycles. The summed E-state index contributed by atoms with van der Waals surface area (Å²) in [6.07, 6.45) is 1.75. The zero-order valence-corrected chi connectivity index (χ0v) is 15.4. The lowest BCUT2D eigenvalue weighted by Crippen LogP contribution is -2.13. The van der Waals surface area contributed by atoms with Gasteiger partial charge in [0.05, 0.1) is 16.6 Å². The van der Waals surface area contributed by atoms with E-state index in [1.165, 1.54) is 4.88 Å². The van der Waals surface area contributed by atoms with E-state index in [0.717, 1.165) is 26.2 Å². The Bertz CT molecular complexity index is 582. The third-order valence-electron chi connectivity index (χ3n) is 2.70. The number of hydrogen-bond donors (Lipinski definition) is 1. The van der Waals surface area contributed by atoms with Crippen molar-refractivity contribution in [3.8, 4) is 5.88 Å². The predicted molar refractivity (Wildman–Crippen MR) is 92.2 cm³/mol. The Balaban J connectivity index is 2.23. The van der Waals surface area contributed by atoms with Crippen LogP contribution >= 0.6 is 43.2 Å². The van der Waals surface area contributed by atoms with Gasteiger partial charge in [-0.05, 0) is 44.0 Å². The van der Waals surface area contributed by atoms with Crippen LogP contribution in [0, 0.1) is 0 Å². The molecule has 0 saturated heterocycles. The van der Waals surface area contributed by atoms with Crippen molar-refractivity contribution in [1.82, 2.24) is 4.98 Å². The Labute approximate surface area is 139 Å². The van der Waals surface area contributed by atoms with Gasteiger partial charge in [-0.1, -0.05) is 0 Å². The van der Waals surface area contributed by atoms with E-state index in [4.69, 9.17) is 4.74 Å². The Morgan fingerprint density at radius 1 is 1.40 bits per heavy atom. The molecule has 0 amide bonds. The fraction of sp³-hybridized carbons (Fsp3) is 0.308. The summed E-state index contributed by atoms with van der Waals surface area (Å²) in [5, 5.41) is 3.41. The van der Waals surface area contributed by atoms with E-state index in [1.54, 1.807) is 24.6 Å². The molecule has 4 nitrogen and oxygen atoms in total. The van der Waals surface area contributed by atoms with E-state index in [9.17, 15) is 0 Å². The fourth-order valence-corrected chi connectivity index (χ4v) is 3.90. The number of nitrogens with zero attached hydrogens (tertiary/aromatic N) is 2. The van der Waals surface area contributed by atoms with Crippen molar-refractivity contribution in [1.29, 1.82) is 0 Å². The van der Waals surface area contributed by atoms with Gasteiger partial charge in [0.1, 0.15) is 5.69 Å². The molecule has 0 fully saturated rings. The van der Waals surface area contributed by atoms with E-state index < -0.39 is 0 Å². The lowest BCUT2D eigenvalue weighted by atomic mass is 10.3. The van der Waals surface area contributed by atoms with Crippen LogP contribution in [0.2, 0.25) is 0 Å². The van der Waals surface area contributed by atoms with Gasteiger partial charge in [0.25, 0.3) is 0 Å². The molecule has 2 aromatic rings. The number of aromatic nitrogens is 1. The molecule has 7 heteroatoms. The molecule has 0 atom stereocenters. The monoisotopic (exact) mass is 419 g/mol. The highest BCUT2D eigenvalue weighted by molar-refractivity contribution is 9.13. The van der Waals surface area contributed by atoms with Gasteiger partial charge in [0.15, 0.2) is 0 Å². The van der Waals surface area contributed by atoms with E-state index >= 15 is 0 Å². The average molecular weight is 421 g/mol. The van der Waals surface area contributed by atoms with Gasteiger partial charge in [-0.2, -0.15) is 0 Å². The summed E-state index contributed by atoms with van der Waals surface area (Å²) in [6.45, 7) is 0.720. The Morgan fingerprint density at radius 2 is 2.15 bits per heavy atom. The van der Waals surface area contributed by atoms with E-state index in [2.05, 4.69) is 48.2 Å². The molecule has 0 unspecified atom stereocenters. The van der Waals surface area contributed by atoms with Crippen LogP contribution in [0.25, 0.3) is 0 Å². The summed E-state index contributed by atoms with van der Waals surface area (Å²) in [6, 6.07) is 4.06. The van der Waals surface area contributed by atoms with Crippen molar-refractivity contribution >= 4 is 54.6 Å². The number of anilines is 2. The second-order valence-corrected chi connectivity index (χ2v) is 7.61. The predicted octanol–water partition coefficient (Wildman–Crippen LogP) is 4.35. The number of hydrogen-bond acceptors (Lipinski definition) is 5. The Morgan fingerprint density at radius 3 is 2.70 bits per heavy atom. The molecule has 108 valence electrons. The number of thiophene rings is 1. The number of nitrogens with one attached hydrogen (secondary N) is 1. The summed E-state index contributed by atoms with van der Waals surface area (Å²) >= 11 is 8.70. The third kappa shape index (κ3) is 3.45. The van der Waals surface area contributed by atoms with E-state index in [-0.39, 0.29) is 0 Å². The molecule has 0 spiro atoms. The molecular formula is C13H15Br2N3OS. The smallest absolute Gasteiger partial charge is 0.239 e. The second kappa shape index (κ2) is 6.78. The van der Waals surface area contributed by atoms with Crippen LogP contribution in [0.1, 0.15) is 4.88 Å². The first-order valence-electron chi connectivity index (χ1n) is 5.90. The van der Waals surface area contributed by atoms with Gasteiger partial charge < -0.3 is 15.0 Å². The molecule has 0 radical (unpaired) electrons. The first kappa shape index (κ1) is 15.6. The Hall–Kier alpha value is -0.790. The minimum absolute atomic E-state index is 0.603. The maximum atomic E-state index is 5.34. The van der Waals surface area contributed by atoms with E-state index in [0.29, 0.717) is 5.88 Å². The molecule has 1 N–H and O–H groups in total. The zero-order chi connectivity index (χ0) is 14.7. The number of methoxy groups -OCH3 is 1. The van der Waals surface area contributed by atoms with Crippen LogP contribution in [-0.4, -0.2) is 26.2 Å². The van der Waals surface area contributed by atoms with Crippen LogP contribution in [0.4, 0.5) is 11.4 Å². The SMILES string of the molecule is COc1nccc(N(C)C)c1NCc1cc(Br)c(Br)s1. The van der Waals surface area contributed by atoms with Crippen LogP contribution in [-0.2, 0) is 6.54 Å². The molecule has 0 aliphatic heterocycles. The van der Waals surface area contributed by atoms with Gasteiger partial charge in [-0.25, -0.2) is 4.98 Å². The summed E-state index contributed by atoms with van der Waals surface area (Å²) in [5.41, 5.74) is 1.95. The number of ether oxygens (including phenoxy) is 1. The fourth-order valence-electron chi connectivity index (χ4n) is 1.78. The van der Waals surface area contributed by atoms with Crippen LogP contribution < -0.4 is 15.0 Å². The highest BCUT2D eigenvalue weighted by atomic mass is 79.9. The maximum absolute atomic E-state index is 5.34. The second-order valence-electron chi connectivity index (χ2n) is 4.30. The van der Waals surface area contributed by atoms with Crippen LogP contribution in [0.3, 0.4) is 0 Å². The zero-order valence-electron chi connectivity index (χ0n) is 11.4. The van der Waals surface area contributed by atoms with Gasteiger partial charge >= 0.3 is 0 Å². The van der Waals surface area contributed by atoms with Crippen molar-refractivity contribution in [2.24, 2.45) is 0 Å². The highest BCUT2D eigenvalue weighted by Crippen LogP contribution is 2.35. The molecule has 2 heterocycles. The van der Waals surface area contributed by atoms with Gasteiger partial charge in [-0.3, -0.25) is 0 Å². The topological polar surface area (TPSA) is 37.4 Å². The lowest BCUT2D eigenvalue weighted by molar-refractivity contribution is 0.400. The van der Waals surface area contributed by atoms with Crippen molar-refractivity contribution < 1.29 is 4.74 Å². The third-order valence-corrected chi connectivity index (χ3v) is 5.96. The highest BCUT2D eigenvalue weighted by Gasteiger charge is 2.12. The minimum Gasteiger partial charge on any atom is -0.479 e. The molecule has 20 heavy (non-hydrogen) atoms. The summed E-state index contributed by atoms with van der Waals surface area (Å²) in [5.74, 6) is 0.603. The maximum Gasteiger partial charge on any atom is 0.239 e. The number of rotatable bonds is 5. The van der Waals surface area contributed by atoms with E-state index in [1.807, 2.05) is 25.1 Å². The van der Waals surface area contributed by atoms with Crippen molar-refractivity contribution in [2.75, 3.05) is 31.4 Å². The van der Waals surface area contributed by atoms with Crippen molar-refractivity contribution in [3.63, 3.8) is 0 Å². The van der Waals surface area contributed by atoms with Crippen molar-refractivity contribution in [2.45, 2.75) is 6.54 Å². The number of pyridine rings is 1. The normalized spacial score (nSPS) is 10.4. The van der Waals surface area contributed by atoms with Crippen LogP contribution in [0.15, 0.2) is 26.6 Å². The average Bonchev–Trinajstić information content (AvgIpc) is 2.74. The summed E-state index contributed by atoms with van der Waals surface area (Å²) in [4.78, 5) is 7.50. The summed E-state index contributed by atoms with van der Waals surface area (Å²) < 4.78 is 7.51. The minimum atomic E-state index is 0.603. The van der Waals surface area contributed by atoms with Gasteiger partial charge in [0.2, 0.25) is 5.88 Å². The van der Waals surface area contributed by atoms with Crippen LogP contribution in [0.5, 0.6) is 5.88 Å². The van der Waals surface area contributed by atoms with Gasteiger partial charge in [0, 0.05) is 36.2 Å². The summed E-state index contributed by atoms with van der Waals surface area (Å²) in [7, 11) is 5.63. The van der Waals surface area contributed by atoms with Crippen molar-refractivity contribution in [3.05, 3.63) is 31.5 Å². The Kier molecular flexibility index (Phi) is 5.29. The molecule has 0 aliphatic carbocycles. The molecular weight excluding hydrogens is 406 g/mol. The molecule has 0 saturated carbocycles. The van der Waals surface area contributed by atoms with Gasteiger partial charge in [-0.15, -0.1) is 11.3 Å². The quantitative estimate of drug-likeness (QED) is 0.779. The molecule has 2 aromatic heterocycles.